The molecule has 1 aromatic heterocycles. The average Bonchev–Trinajstić information content (AvgIpc) is 2.66. The number of hydrogen-bond donors (Lipinski definition) is 2. The van der Waals surface area contributed by atoms with Crippen LogP contribution in [0.25, 0.3) is 0 Å². The van der Waals surface area contributed by atoms with Gasteiger partial charge in [-0.15, -0.1) is 0 Å². The first-order valence-corrected chi connectivity index (χ1v) is 6.97. The van der Waals surface area contributed by atoms with E-state index in [2.05, 4.69) is 33.3 Å². The van der Waals surface area contributed by atoms with E-state index in [0.29, 0.717) is 6.42 Å². The van der Waals surface area contributed by atoms with Gasteiger partial charge in [-0.2, -0.15) is 5.10 Å². The molecule has 0 spiro atoms. The second-order valence-electron chi connectivity index (χ2n) is 4.43. The Bertz CT molecular complexity index is 350. The Kier molecular flexibility index (Phi) is 5.62. The summed E-state index contributed by atoms with van der Waals surface area (Å²) in [4.78, 5) is 0. The molecule has 1 unspecified atom stereocenters. The van der Waals surface area contributed by atoms with Crippen molar-refractivity contribution in [2.24, 2.45) is 0 Å². The molecule has 0 saturated carbocycles. The van der Waals surface area contributed by atoms with E-state index in [1.54, 1.807) is 6.20 Å². The van der Waals surface area contributed by atoms with Crippen LogP contribution in [0, 0.1) is 0 Å². The standard InChI is InChI=1S/C12H22BrN3O/c1-4-7-14-8-6-12(3,17)11-10(13)9-15-16(11)5-2/h9,14,17H,4-8H2,1-3H3. The third kappa shape index (κ3) is 3.79. The van der Waals surface area contributed by atoms with Crippen LogP contribution in [0.4, 0.5) is 0 Å². The molecule has 0 fully saturated rings. The summed E-state index contributed by atoms with van der Waals surface area (Å²) in [5.74, 6) is 0. The zero-order chi connectivity index (χ0) is 12.9. The van der Waals surface area contributed by atoms with Crippen molar-refractivity contribution in [1.29, 1.82) is 0 Å². The summed E-state index contributed by atoms with van der Waals surface area (Å²) in [6.07, 6.45) is 3.53. The summed E-state index contributed by atoms with van der Waals surface area (Å²) >= 11 is 3.45. The van der Waals surface area contributed by atoms with Crippen molar-refractivity contribution >= 4 is 15.9 Å². The summed E-state index contributed by atoms with van der Waals surface area (Å²) in [7, 11) is 0. The first-order valence-electron chi connectivity index (χ1n) is 6.17. The first kappa shape index (κ1) is 14.7. The first-order chi connectivity index (χ1) is 8.03. The second kappa shape index (κ2) is 6.52. The van der Waals surface area contributed by atoms with Gasteiger partial charge in [0, 0.05) is 6.54 Å². The second-order valence-corrected chi connectivity index (χ2v) is 5.29. The fraction of sp³-hybridized carbons (Fsp3) is 0.750. The van der Waals surface area contributed by atoms with Crippen molar-refractivity contribution in [2.45, 2.75) is 45.8 Å². The molecule has 5 heteroatoms. The Hall–Kier alpha value is -0.390. The van der Waals surface area contributed by atoms with Gasteiger partial charge in [-0.05, 0) is 55.7 Å². The van der Waals surface area contributed by atoms with Crippen molar-refractivity contribution in [1.82, 2.24) is 15.1 Å². The molecule has 1 heterocycles. The monoisotopic (exact) mass is 303 g/mol. The molecule has 1 aromatic rings. The van der Waals surface area contributed by atoms with E-state index in [1.807, 2.05) is 18.5 Å². The molecule has 1 atom stereocenters. The van der Waals surface area contributed by atoms with Gasteiger partial charge in [-0.1, -0.05) is 6.92 Å². The largest absolute Gasteiger partial charge is 0.384 e. The third-order valence-electron chi connectivity index (χ3n) is 2.82. The maximum atomic E-state index is 10.5. The van der Waals surface area contributed by atoms with Crippen LogP contribution in [0.5, 0.6) is 0 Å². The highest BCUT2D eigenvalue weighted by atomic mass is 79.9. The summed E-state index contributed by atoms with van der Waals surface area (Å²) < 4.78 is 2.71. The number of aliphatic hydroxyl groups is 1. The zero-order valence-corrected chi connectivity index (χ0v) is 12.4. The zero-order valence-electron chi connectivity index (χ0n) is 10.8. The summed E-state index contributed by atoms with van der Waals surface area (Å²) in [6.45, 7) is 8.56. The van der Waals surface area contributed by atoms with Gasteiger partial charge in [0.2, 0.25) is 0 Å². The number of nitrogens with zero attached hydrogens (tertiary/aromatic N) is 2. The van der Waals surface area contributed by atoms with Gasteiger partial charge in [0.25, 0.3) is 0 Å². The van der Waals surface area contributed by atoms with Gasteiger partial charge in [0.15, 0.2) is 0 Å². The van der Waals surface area contributed by atoms with Crippen molar-refractivity contribution < 1.29 is 5.11 Å². The van der Waals surface area contributed by atoms with Gasteiger partial charge in [-0.3, -0.25) is 4.68 Å². The van der Waals surface area contributed by atoms with Crippen molar-refractivity contribution in [2.75, 3.05) is 13.1 Å². The van der Waals surface area contributed by atoms with Crippen LogP contribution in [-0.4, -0.2) is 28.0 Å². The lowest BCUT2D eigenvalue weighted by Crippen LogP contribution is -2.31. The Morgan fingerprint density at radius 2 is 2.18 bits per heavy atom. The molecule has 0 radical (unpaired) electrons. The quantitative estimate of drug-likeness (QED) is 0.760. The predicted octanol–water partition coefficient (Wildman–Crippen LogP) is 2.26. The van der Waals surface area contributed by atoms with Crippen molar-refractivity contribution in [3.05, 3.63) is 16.4 Å². The van der Waals surface area contributed by atoms with Gasteiger partial charge in [-0.25, -0.2) is 0 Å². The lowest BCUT2D eigenvalue weighted by atomic mass is 9.98. The van der Waals surface area contributed by atoms with Gasteiger partial charge < -0.3 is 10.4 Å². The Balaban J connectivity index is 2.70. The third-order valence-corrected chi connectivity index (χ3v) is 3.40. The van der Waals surface area contributed by atoms with E-state index < -0.39 is 5.60 Å². The molecule has 0 aliphatic carbocycles. The minimum atomic E-state index is -0.855. The molecule has 1 rings (SSSR count). The highest BCUT2D eigenvalue weighted by Crippen LogP contribution is 2.30. The molecular weight excluding hydrogens is 282 g/mol. The van der Waals surface area contributed by atoms with E-state index in [9.17, 15) is 5.11 Å². The van der Waals surface area contributed by atoms with Gasteiger partial charge >= 0.3 is 0 Å². The van der Waals surface area contributed by atoms with E-state index >= 15 is 0 Å². The molecule has 98 valence electrons. The molecule has 0 aliphatic rings. The number of halogens is 1. The van der Waals surface area contributed by atoms with Crippen LogP contribution >= 0.6 is 15.9 Å². The average molecular weight is 304 g/mol. The summed E-state index contributed by atoms with van der Waals surface area (Å²) in [5.41, 5.74) is 0.00446. The molecular formula is C12H22BrN3O. The predicted molar refractivity (Wildman–Crippen MR) is 72.9 cm³/mol. The van der Waals surface area contributed by atoms with Crippen LogP contribution in [0.2, 0.25) is 0 Å². The van der Waals surface area contributed by atoms with E-state index in [0.717, 1.165) is 36.2 Å². The molecule has 4 nitrogen and oxygen atoms in total. The Labute approximate surface area is 112 Å². The topological polar surface area (TPSA) is 50.1 Å². The number of aromatic nitrogens is 2. The molecule has 0 bridgehead atoms. The van der Waals surface area contributed by atoms with Crippen molar-refractivity contribution in [3.63, 3.8) is 0 Å². The Morgan fingerprint density at radius 3 is 2.76 bits per heavy atom. The molecule has 17 heavy (non-hydrogen) atoms. The highest BCUT2D eigenvalue weighted by Gasteiger charge is 2.29. The van der Waals surface area contributed by atoms with Crippen LogP contribution in [0.15, 0.2) is 10.7 Å². The highest BCUT2D eigenvalue weighted by molar-refractivity contribution is 9.10. The lowest BCUT2D eigenvalue weighted by molar-refractivity contribution is 0.0380. The number of aryl methyl sites for hydroxylation is 1. The smallest absolute Gasteiger partial charge is 0.106 e. The Morgan fingerprint density at radius 1 is 1.47 bits per heavy atom. The van der Waals surface area contributed by atoms with Gasteiger partial charge in [0.05, 0.1) is 16.4 Å². The summed E-state index contributed by atoms with van der Waals surface area (Å²) in [6, 6.07) is 0. The minimum absolute atomic E-state index is 0.678. The van der Waals surface area contributed by atoms with Crippen LogP contribution in [-0.2, 0) is 12.1 Å². The number of hydrogen-bond acceptors (Lipinski definition) is 3. The van der Waals surface area contributed by atoms with Crippen molar-refractivity contribution in [3.8, 4) is 0 Å². The minimum Gasteiger partial charge on any atom is -0.384 e. The normalized spacial score (nSPS) is 14.9. The molecule has 2 N–H and O–H groups in total. The lowest BCUT2D eigenvalue weighted by Gasteiger charge is -2.25. The van der Waals surface area contributed by atoms with Crippen LogP contribution in [0.1, 0.15) is 39.3 Å². The molecule has 0 saturated heterocycles. The molecule has 0 aromatic carbocycles. The fourth-order valence-corrected chi connectivity index (χ4v) is 2.61. The maximum absolute atomic E-state index is 10.5. The molecule has 0 amide bonds. The SMILES string of the molecule is CCCNCCC(C)(O)c1c(Br)cnn1CC. The van der Waals surface area contributed by atoms with Crippen LogP contribution in [0.3, 0.4) is 0 Å². The number of rotatable bonds is 7. The fourth-order valence-electron chi connectivity index (χ4n) is 1.89. The number of nitrogens with one attached hydrogen (secondary N) is 1. The maximum Gasteiger partial charge on any atom is 0.106 e. The van der Waals surface area contributed by atoms with E-state index in [-0.39, 0.29) is 0 Å². The van der Waals surface area contributed by atoms with Gasteiger partial charge in [0.1, 0.15) is 5.60 Å². The molecule has 0 aliphatic heterocycles. The summed E-state index contributed by atoms with van der Waals surface area (Å²) in [5, 5.41) is 18.1. The van der Waals surface area contributed by atoms with E-state index in [1.165, 1.54) is 0 Å². The van der Waals surface area contributed by atoms with Crippen LogP contribution < -0.4 is 5.32 Å². The van der Waals surface area contributed by atoms with E-state index in [4.69, 9.17) is 0 Å².